The van der Waals surface area contributed by atoms with Gasteiger partial charge in [0.15, 0.2) is 5.13 Å². The normalized spacial score (nSPS) is 20.0. The summed E-state index contributed by atoms with van der Waals surface area (Å²) in [5, 5.41) is 10.6. The Morgan fingerprint density at radius 3 is 2.88 bits per heavy atom. The van der Waals surface area contributed by atoms with Crippen LogP contribution in [0.5, 0.6) is 0 Å². The molecule has 1 aliphatic carbocycles. The van der Waals surface area contributed by atoms with Gasteiger partial charge in [0.05, 0.1) is 4.88 Å². The number of anilines is 2. The molecule has 1 atom stereocenters. The van der Waals surface area contributed by atoms with Crippen molar-refractivity contribution in [1.29, 1.82) is 5.26 Å². The van der Waals surface area contributed by atoms with Gasteiger partial charge in [0.2, 0.25) is 0 Å². The summed E-state index contributed by atoms with van der Waals surface area (Å²) in [6.07, 6.45) is 6.76. The Hall–Kier alpha value is -2.17. The first-order chi connectivity index (χ1) is 11.7. The summed E-state index contributed by atoms with van der Waals surface area (Å²) >= 11 is 1.64. The zero-order chi connectivity index (χ0) is 16.7. The van der Waals surface area contributed by atoms with Crippen molar-refractivity contribution in [2.45, 2.75) is 38.1 Å². The van der Waals surface area contributed by atoms with Gasteiger partial charge < -0.3 is 16.4 Å². The van der Waals surface area contributed by atoms with Gasteiger partial charge in [-0.3, -0.25) is 0 Å². The number of rotatable bonds is 2. The lowest BCUT2D eigenvalue weighted by Crippen LogP contribution is -2.29. The Bertz CT molecular complexity index is 815. The molecular formula is C17H20N6S. The number of thiazole rings is 1. The van der Waals surface area contributed by atoms with E-state index in [1.54, 1.807) is 11.3 Å². The van der Waals surface area contributed by atoms with Crippen LogP contribution in [0, 0.1) is 11.3 Å². The smallest absolute Gasteiger partial charge is 0.185 e. The Labute approximate surface area is 145 Å². The molecule has 7 heteroatoms. The molecule has 0 amide bonds. The Balaban J connectivity index is 1.84. The molecule has 0 radical (unpaired) electrons. The van der Waals surface area contributed by atoms with E-state index in [4.69, 9.17) is 11.5 Å². The van der Waals surface area contributed by atoms with E-state index in [2.05, 4.69) is 20.9 Å². The molecule has 1 fully saturated rings. The molecule has 2 aromatic rings. The largest absolute Gasteiger partial charge is 0.383 e. The molecule has 0 saturated carbocycles. The van der Waals surface area contributed by atoms with Gasteiger partial charge in [0.1, 0.15) is 17.5 Å². The van der Waals surface area contributed by atoms with Crippen molar-refractivity contribution in [3.05, 3.63) is 23.0 Å². The minimum Gasteiger partial charge on any atom is -0.383 e. The lowest BCUT2D eigenvalue weighted by molar-refractivity contribution is 0.568. The van der Waals surface area contributed by atoms with Crippen LogP contribution >= 0.6 is 11.3 Å². The van der Waals surface area contributed by atoms with Gasteiger partial charge in [-0.05, 0) is 37.7 Å². The number of aryl methyl sites for hydroxylation is 1. The first kappa shape index (κ1) is 15.4. The van der Waals surface area contributed by atoms with Crippen LogP contribution in [0.15, 0.2) is 6.20 Å². The summed E-state index contributed by atoms with van der Waals surface area (Å²) in [6, 6.07) is 2.35. The molecule has 4 rings (SSSR count). The standard InChI is InChI=1S/C17H20N6S/c18-8-12-15(11-7-10(19)3-4-13(11)22-16(12)20)14-9-21-17(24-14)23-5-1-2-6-23/h9-10H,1-7,19H2,(H2,20,22)/t10-/m0/s1. The maximum absolute atomic E-state index is 9.62. The minimum atomic E-state index is 0.110. The van der Waals surface area contributed by atoms with E-state index in [1.807, 2.05) is 6.20 Å². The molecule has 3 heterocycles. The van der Waals surface area contributed by atoms with Crippen LogP contribution in [0.3, 0.4) is 0 Å². The van der Waals surface area contributed by atoms with Crippen molar-refractivity contribution >= 4 is 22.3 Å². The lowest BCUT2D eigenvalue weighted by atomic mass is 9.87. The topological polar surface area (TPSA) is 105 Å². The quantitative estimate of drug-likeness (QED) is 0.867. The van der Waals surface area contributed by atoms with Crippen molar-refractivity contribution in [2.24, 2.45) is 5.73 Å². The first-order valence-electron chi connectivity index (χ1n) is 8.35. The van der Waals surface area contributed by atoms with Crippen LogP contribution in [0.1, 0.15) is 36.1 Å². The molecule has 1 saturated heterocycles. The third kappa shape index (κ3) is 2.52. The van der Waals surface area contributed by atoms with Crippen LogP contribution in [-0.4, -0.2) is 29.1 Å². The second-order valence-corrected chi connectivity index (χ2v) is 7.50. The number of nitrogens with zero attached hydrogens (tertiary/aromatic N) is 4. The highest BCUT2D eigenvalue weighted by atomic mass is 32.1. The van der Waals surface area contributed by atoms with Crippen molar-refractivity contribution in [3.63, 3.8) is 0 Å². The Morgan fingerprint density at radius 1 is 1.33 bits per heavy atom. The third-order valence-corrected chi connectivity index (χ3v) is 5.93. The average Bonchev–Trinajstić information content (AvgIpc) is 3.25. The highest BCUT2D eigenvalue weighted by molar-refractivity contribution is 7.19. The fourth-order valence-electron chi connectivity index (χ4n) is 3.63. The second-order valence-electron chi connectivity index (χ2n) is 6.49. The molecule has 0 unspecified atom stereocenters. The molecule has 2 aromatic heterocycles. The monoisotopic (exact) mass is 340 g/mol. The van der Waals surface area contributed by atoms with Crippen molar-refractivity contribution in [3.8, 4) is 16.5 Å². The van der Waals surface area contributed by atoms with Gasteiger partial charge in [-0.25, -0.2) is 9.97 Å². The fourth-order valence-corrected chi connectivity index (χ4v) is 4.67. The van der Waals surface area contributed by atoms with Crippen LogP contribution in [0.2, 0.25) is 0 Å². The average molecular weight is 340 g/mol. The zero-order valence-corrected chi connectivity index (χ0v) is 14.3. The molecular weight excluding hydrogens is 320 g/mol. The zero-order valence-electron chi connectivity index (χ0n) is 13.5. The van der Waals surface area contributed by atoms with Crippen LogP contribution in [-0.2, 0) is 12.8 Å². The molecule has 124 valence electrons. The van der Waals surface area contributed by atoms with Gasteiger partial charge in [0, 0.05) is 36.6 Å². The van der Waals surface area contributed by atoms with E-state index in [0.29, 0.717) is 11.4 Å². The molecule has 1 aliphatic heterocycles. The molecule has 6 nitrogen and oxygen atoms in total. The Morgan fingerprint density at radius 2 is 2.12 bits per heavy atom. The number of aromatic nitrogens is 2. The fraction of sp³-hybridized carbons (Fsp3) is 0.471. The van der Waals surface area contributed by atoms with Gasteiger partial charge in [-0.2, -0.15) is 5.26 Å². The van der Waals surface area contributed by atoms with E-state index in [1.165, 1.54) is 12.8 Å². The van der Waals surface area contributed by atoms with Crippen molar-refractivity contribution < 1.29 is 0 Å². The number of hydrogen-bond donors (Lipinski definition) is 2. The Kier molecular flexibility index (Phi) is 3.87. The van der Waals surface area contributed by atoms with E-state index < -0.39 is 0 Å². The summed E-state index contributed by atoms with van der Waals surface area (Å²) in [7, 11) is 0. The summed E-state index contributed by atoms with van der Waals surface area (Å²) in [4.78, 5) is 12.4. The molecule has 4 N–H and O–H groups in total. The first-order valence-corrected chi connectivity index (χ1v) is 9.17. The second kappa shape index (κ2) is 6.04. The van der Waals surface area contributed by atoms with E-state index in [9.17, 15) is 5.26 Å². The number of nitrogens with two attached hydrogens (primary N) is 2. The van der Waals surface area contributed by atoms with Crippen molar-refractivity contribution in [2.75, 3.05) is 23.7 Å². The highest BCUT2D eigenvalue weighted by Gasteiger charge is 2.26. The van der Waals surface area contributed by atoms with Crippen LogP contribution < -0.4 is 16.4 Å². The predicted molar refractivity (Wildman–Crippen MR) is 95.9 cm³/mol. The molecule has 0 spiro atoms. The van der Waals surface area contributed by atoms with Gasteiger partial charge in [-0.1, -0.05) is 11.3 Å². The van der Waals surface area contributed by atoms with Gasteiger partial charge in [-0.15, -0.1) is 0 Å². The minimum absolute atomic E-state index is 0.110. The number of nitrogen functional groups attached to an aromatic ring is 1. The van der Waals surface area contributed by atoms with Gasteiger partial charge >= 0.3 is 0 Å². The maximum Gasteiger partial charge on any atom is 0.185 e. The van der Waals surface area contributed by atoms with Gasteiger partial charge in [0.25, 0.3) is 0 Å². The predicted octanol–water partition coefficient (Wildman–Crippen LogP) is 2.08. The summed E-state index contributed by atoms with van der Waals surface area (Å²) in [6.45, 7) is 2.11. The summed E-state index contributed by atoms with van der Waals surface area (Å²) < 4.78 is 0. The van der Waals surface area contributed by atoms with E-state index in [0.717, 1.165) is 59.2 Å². The van der Waals surface area contributed by atoms with Crippen LogP contribution in [0.25, 0.3) is 10.4 Å². The summed E-state index contributed by atoms with van der Waals surface area (Å²) in [5.41, 5.74) is 15.7. The molecule has 2 aliphatic rings. The summed E-state index contributed by atoms with van der Waals surface area (Å²) in [5.74, 6) is 0.317. The SMILES string of the molecule is N#Cc1c(N)nc2c(c1-c1cnc(N3CCCC3)s1)C[C@@H](N)CC2. The number of nitriles is 1. The highest BCUT2D eigenvalue weighted by Crippen LogP contribution is 2.40. The number of pyridine rings is 1. The maximum atomic E-state index is 9.62. The molecule has 24 heavy (non-hydrogen) atoms. The molecule has 0 aromatic carbocycles. The molecule has 0 bridgehead atoms. The lowest BCUT2D eigenvalue weighted by Gasteiger charge is -2.24. The number of hydrogen-bond acceptors (Lipinski definition) is 7. The van der Waals surface area contributed by atoms with Crippen LogP contribution in [0.4, 0.5) is 10.9 Å². The third-order valence-electron chi connectivity index (χ3n) is 4.86. The van der Waals surface area contributed by atoms with E-state index in [-0.39, 0.29) is 6.04 Å². The van der Waals surface area contributed by atoms with E-state index >= 15 is 0 Å². The van der Waals surface area contributed by atoms with Crippen molar-refractivity contribution in [1.82, 2.24) is 9.97 Å². The number of fused-ring (bicyclic) bond motifs is 1.